The van der Waals surface area contributed by atoms with Gasteiger partial charge in [-0.3, -0.25) is 14.5 Å². The van der Waals surface area contributed by atoms with E-state index in [9.17, 15) is 9.59 Å². The van der Waals surface area contributed by atoms with Crippen LogP contribution in [0, 0.1) is 6.92 Å². The Balaban J connectivity index is 1.62. The molecule has 33 heavy (non-hydrogen) atoms. The first-order chi connectivity index (χ1) is 15.9. The number of imide groups is 1. The maximum absolute atomic E-state index is 13.4. The van der Waals surface area contributed by atoms with Gasteiger partial charge in [0.15, 0.2) is 0 Å². The first kappa shape index (κ1) is 22.9. The Morgan fingerprint density at radius 3 is 2.18 bits per heavy atom. The molecule has 0 saturated carbocycles. The van der Waals surface area contributed by atoms with E-state index in [-0.39, 0.29) is 17.9 Å². The molecular weight excluding hydrogens is 414 g/mol. The SMILES string of the molecule is CCCOc1ccc(C2=C(N3CCN(c4cccc(C)c4)CC3)C(=O)N(C(C)C)C2=O)cc1. The Morgan fingerprint density at radius 2 is 1.58 bits per heavy atom. The van der Waals surface area contributed by atoms with Crippen molar-refractivity contribution in [2.75, 3.05) is 37.7 Å². The highest BCUT2D eigenvalue weighted by molar-refractivity contribution is 6.35. The highest BCUT2D eigenvalue weighted by Gasteiger charge is 2.43. The first-order valence-corrected chi connectivity index (χ1v) is 11.8. The van der Waals surface area contributed by atoms with Crippen molar-refractivity contribution in [3.63, 3.8) is 0 Å². The third kappa shape index (κ3) is 4.61. The lowest BCUT2D eigenvalue weighted by Crippen LogP contribution is -2.48. The minimum atomic E-state index is -0.214. The molecule has 0 unspecified atom stereocenters. The van der Waals surface area contributed by atoms with Gasteiger partial charge in [-0.1, -0.05) is 31.2 Å². The molecule has 2 aliphatic rings. The van der Waals surface area contributed by atoms with Crippen LogP contribution in [0.3, 0.4) is 0 Å². The zero-order chi connectivity index (χ0) is 23.5. The van der Waals surface area contributed by atoms with Gasteiger partial charge in [0.25, 0.3) is 11.8 Å². The molecule has 0 N–H and O–H groups in total. The molecule has 2 amide bonds. The molecular formula is C27H33N3O3. The Labute approximate surface area is 196 Å². The second kappa shape index (κ2) is 9.69. The van der Waals surface area contributed by atoms with Gasteiger partial charge in [0, 0.05) is 37.9 Å². The van der Waals surface area contributed by atoms with Gasteiger partial charge in [-0.05, 0) is 62.6 Å². The van der Waals surface area contributed by atoms with E-state index in [4.69, 9.17) is 4.74 Å². The van der Waals surface area contributed by atoms with Gasteiger partial charge in [-0.2, -0.15) is 0 Å². The monoisotopic (exact) mass is 447 g/mol. The number of ether oxygens (including phenoxy) is 1. The van der Waals surface area contributed by atoms with Gasteiger partial charge in [-0.25, -0.2) is 0 Å². The average molecular weight is 448 g/mol. The Kier molecular flexibility index (Phi) is 6.72. The molecule has 1 fully saturated rings. The maximum atomic E-state index is 13.4. The predicted octanol–water partition coefficient (Wildman–Crippen LogP) is 4.09. The summed E-state index contributed by atoms with van der Waals surface area (Å²) in [4.78, 5) is 32.6. The highest BCUT2D eigenvalue weighted by atomic mass is 16.5. The van der Waals surface area contributed by atoms with Crippen LogP contribution in [-0.4, -0.2) is 60.4 Å². The van der Waals surface area contributed by atoms with Crippen LogP contribution in [0.4, 0.5) is 5.69 Å². The van der Waals surface area contributed by atoms with Crippen molar-refractivity contribution in [3.05, 3.63) is 65.4 Å². The molecule has 2 heterocycles. The standard InChI is InChI=1S/C27H33N3O3/c1-5-17-33-23-11-9-21(10-12-23)24-25(27(32)30(19(2)3)26(24)31)29-15-13-28(14-16-29)22-8-6-7-20(4)18-22/h6-12,18-19H,5,13-17H2,1-4H3. The van der Waals surface area contributed by atoms with Crippen molar-refractivity contribution in [3.8, 4) is 5.75 Å². The van der Waals surface area contributed by atoms with Crippen molar-refractivity contribution in [1.29, 1.82) is 0 Å². The molecule has 0 radical (unpaired) electrons. The van der Waals surface area contributed by atoms with E-state index in [1.165, 1.54) is 16.2 Å². The van der Waals surface area contributed by atoms with E-state index in [0.717, 1.165) is 30.8 Å². The van der Waals surface area contributed by atoms with Crippen LogP contribution in [0.2, 0.25) is 0 Å². The quantitative estimate of drug-likeness (QED) is 0.599. The molecule has 4 rings (SSSR count). The molecule has 0 aromatic heterocycles. The molecule has 0 bridgehead atoms. The van der Waals surface area contributed by atoms with Gasteiger partial charge in [0.05, 0.1) is 12.2 Å². The van der Waals surface area contributed by atoms with Crippen LogP contribution >= 0.6 is 0 Å². The van der Waals surface area contributed by atoms with E-state index in [0.29, 0.717) is 31.0 Å². The van der Waals surface area contributed by atoms with Gasteiger partial charge in [-0.15, -0.1) is 0 Å². The third-order valence-electron chi connectivity index (χ3n) is 6.19. The number of hydrogen-bond donors (Lipinski definition) is 0. The molecule has 6 heteroatoms. The fraction of sp³-hybridized carbons (Fsp3) is 0.407. The lowest BCUT2D eigenvalue weighted by atomic mass is 10.0. The number of carbonyl (C=O) groups excluding carboxylic acids is 2. The van der Waals surface area contributed by atoms with Crippen LogP contribution in [0.15, 0.2) is 54.2 Å². The van der Waals surface area contributed by atoms with Crippen molar-refractivity contribution >= 4 is 23.1 Å². The van der Waals surface area contributed by atoms with Crippen molar-refractivity contribution in [2.45, 2.75) is 40.2 Å². The second-order valence-corrected chi connectivity index (χ2v) is 8.98. The highest BCUT2D eigenvalue weighted by Crippen LogP contribution is 2.34. The summed E-state index contributed by atoms with van der Waals surface area (Å²) in [5.41, 5.74) is 4.22. The molecule has 0 atom stereocenters. The number of piperazine rings is 1. The molecule has 2 aromatic carbocycles. The van der Waals surface area contributed by atoms with Gasteiger partial charge in [0.1, 0.15) is 11.4 Å². The Morgan fingerprint density at radius 1 is 0.909 bits per heavy atom. The molecule has 0 spiro atoms. The molecule has 6 nitrogen and oxygen atoms in total. The predicted molar refractivity (Wildman–Crippen MR) is 131 cm³/mol. The van der Waals surface area contributed by atoms with E-state index in [1.807, 2.05) is 38.1 Å². The zero-order valence-electron chi connectivity index (χ0n) is 20.0. The summed E-state index contributed by atoms with van der Waals surface area (Å²) in [5.74, 6) is 0.362. The minimum Gasteiger partial charge on any atom is -0.494 e. The number of rotatable bonds is 7. The van der Waals surface area contributed by atoms with Crippen LogP contribution in [0.1, 0.15) is 38.3 Å². The first-order valence-electron chi connectivity index (χ1n) is 11.8. The van der Waals surface area contributed by atoms with Gasteiger partial charge < -0.3 is 14.5 Å². The van der Waals surface area contributed by atoms with Crippen molar-refractivity contribution in [2.24, 2.45) is 0 Å². The summed E-state index contributed by atoms with van der Waals surface area (Å²) in [6.07, 6.45) is 0.932. The summed E-state index contributed by atoms with van der Waals surface area (Å²) < 4.78 is 5.69. The number of anilines is 1. The fourth-order valence-corrected chi connectivity index (χ4v) is 4.51. The summed E-state index contributed by atoms with van der Waals surface area (Å²) >= 11 is 0. The zero-order valence-corrected chi connectivity index (χ0v) is 20.0. The number of amides is 2. The number of benzene rings is 2. The normalized spacial score (nSPS) is 16.9. The van der Waals surface area contributed by atoms with Crippen LogP contribution < -0.4 is 9.64 Å². The number of carbonyl (C=O) groups is 2. The van der Waals surface area contributed by atoms with Gasteiger partial charge in [0.2, 0.25) is 0 Å². The van der Waals surface area contributed by atoms with E-state index in [1.54, 1.807) is 0 Å². The van der Waals surface area contributed by atoms with Crippen LogP contribution in [0.25, 0.3) is 5.57 Å². The maximum Gasteiger partial charge on any atom is 0.278 e. The smallest absolute Gasteiger partial charge is 0.278 e. The van der Waals surface area contributed by atoms with Crippen LogP contribution in [0.5, 0.6) is 5.75 Å². The van der Waals surface area contributed by atoms with E-state index < -0.39 is 0 Å². The number of nitrogens with zero attached hydrogens (tertiary/aromatic N) is 3. The largest absolute Gasteiger partial charge is 0.494 e. The Bertz CT molecular complexity index is 1050. The molecule has 1 saturated heterocycles. The van der Waals surface area contributed by atoms with Crippen LogP contribution in [-0.2, 0) is 9.59 Å². The lowest BCUT2D eigenvalue weighted by Gasteiger charge is -2.38. The summed E-state index contributed by atoms with van der Waals surface area (Å²) in [6, 6.07) is 15.8. The van der Waals surface area contributed by atoms with Crippen molar-refractivity contribution < 1.29 is 14.3 Å². The topological polar surface area (TPSA) is 53.1 Å². The molecule has 0 aliphatic carbocycles. The molecule has 2 aromatic rings. The summed E-state index contributed by atoms with van der Waals surface area (Å²) in [5, 5.41) is 0. The molecule has 2 aliphatic heterocycles. The second-order valence-electron chi connectivity index (χ2n) is 8.98. The third-order valence-corrected chi connectivity index (χ3v) is 6.19. The van der Waals surface area contributed by atoms with Crippen molar-refractivity contribution in [1.82, 2.24) is 9.80 Å². The minimum absolute atomic E-state index is 0.194. The fourth-order valence-electron chi connectivity index (χ4n) is 4.51. The lowest BCUT2D eigenvalue weighted by molar-refractivity contribution is -0.139. The summed E-state index contributed by atoms with van der Waals surface area (Å²) in [6.45, 7) is 11.6. The molecule has 174 valence electrons. The van der Waals surface area contributed by atoms with E-state index >= 15 is 0 Å². The average Bonchev–Trinajstić information content (AvgIpc) is 3.08. The van der Waals surface area contributed by atoms with E-state index in [2.05, 4.69) is 47.9 Å². The van der Waals surface area contributed by atoms with Gasteiger partial charge >= 0.3 is 0 Å². The number of hydrogen-bond acceptors (Lipinski definition) is 5. The Hall–Kier alpha value is -3.28. The summed E-state index contributed by atoms with van der Waals surface area (Å²) in [7, 11) is 0. The number of aryl methyl sites for hydroxylation is 1.